The van der Waals surface area contributed by atoms with E-state index in [2.05, 4.69) is 5.16 Å². The van der Waals surface area contributed by atoms with Gasteiger partial charge in [0.15, 0.2) is 5.69 Å². The highest BCUT2D eigenvalue weighted by Crippen LogP contribution is 2.31. The van der Waals surface area contributed by atoms with Crippen LogP contribution >= 0.6 is 0 Å². The van der Waals surface area contributed by atoms with Crippen LogP contribution in [-0.2, 0) is 4.74 Å². The number of carbonyl (C=O) groups excluding carboxylic acids is 2. The zero-order chi connectivity index (χ0) is 19.4. The summed E-state index contributed by atoms with van der Waals surface area (Å²) in [5, 5.41) is 14.6. The summed E-state index contributed by atoms with van der Waals surface area (Å²) in [6, 6.07) is 13.8. The lowest BCUT2D eigenvalue weighted by atomic mass is 9.98. The molecular formula is C19H14N2O6. The Hall–Kier alpha value is -3.81. The van der Waals surface area contributed by atoms with Crippen molar-refractivity contribution in [3.63, 3.8) is 0 Å². The average molecular weight is 366 g/mol. The minimum absolute atomic E-state index is 0.118. The summed E-state index contributed by atoms with van der Waals surface area (Å²) in [4.78, 5) is 35.4. The topological polar surface area (TPSA) is 113 Å². The number of nitro benzene ring substituents is 1. The van der Waals surface area contributed by atoms with Crippen LogP contribution in [0, 0.1) is 10.1 Å². The number of aromatic nitrogens is 1. The van der Waals surface area contributed by atoms with Gasteiger partial charge in [-0.2, -0.15) is 0 Å². The number of benzene rings is 2. The SMILES string of the molecule is CCOC(=O)c1noc(C(=O)c2ccccc2)c1-c1ccc([N+](=O)[O-])cc1. The standard InChI is InChI=1S/C19H14N2O6/c1-2-26-19(23)16-15(12-8-10-14(11-9-12)21(24)25)18(27-20-16)17(22)13-6-4-3-5-7-13/h3-11H,2H2,1H3. The van der Waals surface area contributed by atoms with E-state index in [-0.39, 0.29) is 29.3 Å². The quantitative estimate of drug-likeness (QED) is 0.283. The monoisotopic (exact) mass is 366 g/mol. The Morgan fingerprint density at radius 1 is 1.11 bits per heavy atom. The minimum atomic E-state index is -0.748. The molecular weight excluding hydrogens is 352 g/mol. The first kappa shape index (κ1) is 18.0. The third-order valence-corrected chi connectivity index (χ3v) is 3.77. The number of hydrogen-bond acceptors (Lipinski definition) is 7. The van der Waals surface area contributed by atoms with Crippen molar-refractivity contribution in [1.29, 1.82) is 0 Å². The van der Waals surface area contributed by atoms with Crippen molar-refractivity contribution in [2.75, 3.05) is 6.61 Å². The highest BCUT2D eigenvalue weighted by molar-refractivity contribution is 6.13. The molecule has 0 N–H and O–H groups in total. The normalized spacial score (nSPS) is 10.4. The van der Waals surface area contributed by atoms with Gasteiger partial charge in [-0.05, 0) is 24.6 Å². The first-order valence-corrected chi connectivity index (χ1v) is 8.04. The van der Waals surface area contributed by atoms with E-state index in [0.29, 0.717) is 11.1 Å². The average Bonchev–Trinajstić information content (AvgIpc) is 3.13. The van der Waals surface area contributed by atoms with Crippen molar-refractivity contribution < 1.29 is 23.8 Å². The molecule has 8 nitrogen and oxygen atoms in total. The van der Waals surface area contributed by atoms with Crippen molar-refractivity contribution >= 4 is 17.4 Å². The summed E-state index contributed by atoms with van der Waals surface area (Å²) in [7, 11) is 0. The van der Waals surface area contributed by atoms with E-state index in [1.54, 1.807) is 37.3 Å². The number of rotatable bonds is 6. The third kappa shape index (κ3) is 3.59. The van der Waals surface area contributed by atoms with Crippen LogP contribution in [0.3, 0.4) is 0 Å². The molecule has 0 radical (unpaired) electrons. The maximum atomic E-state index is 12.8. The van der Waals surface area contributed by atoms with Crippen LogP contribution < -0.4 is 0 Å². The molecule has 0 aliphatic carbocycles. The lowest BCUT2D eigenvalue weighted by molar-refractivity contribution is -0.384. The van der Waals surface area contributed by atoms with E-state index in [1.807, 2.05) is 0 Å². The molecule has 0 fully saturated rings. The lowest BCUT2D eigenvalue weighted by Gasteiger charge is -2.04. The van der Waals surface area contributed by atoms with Crippen molar-refractivity contribution in [2.45, 2.75) is 6.92 Å². The van der Waals surface area contributed by atoms with Gasteiger partial charge in [-0.15, -0.1) is 0 Å². The molecule has 136 valence electrons. The maximum absolute atomic E-state index is 12.8. The summed E-state index contributed by atoms with van der Waals surface area (Å²) >= 11 is 0. The van der Waals surface area contributed by atoms with E-state index in [4.69, 9.17) is 9.26 Å². The van der Waals surface area contributed by atoms with E-state index >= 15 is 0 Å². The fraction of sp³-hybridized carbons (Fsp3) is 0.105. The Kier molecular flexibility index (Phi) is 5.07. The summed E-state index contributed by atoms with van der Waals surface area (Å²) < 4.78 is 10.1. The minimum Gasteiger partial charge on any atom is -0.461 e. The molecule has 0 spiro atoms. The van der Waals surface area contributed by atoms with Gasteiger partial charge in [-0.25, -0.2) is 4.79 Å². The fourth-order valence-electron chi connectivity index (χ4n) is 2.52. The molecule has 3 rings (SSSR count). The molecule has 27 heavy (non-hydrogen) atoms. The molecule has 2 aromatic carbocycles. The number of esters is 1. The predicted octanol–water partition coefficient (Wildman–Crippen LogP) is 3.66. The van der Waals surface area contributed by atoms with E-state index < -0.39 is 16.7 Å². The Morgan fingerprint density at radius 3 is 2.37 bits per heavy atom. The molecule has 0 saturated heterocycles. The van der Waals surface area contributed by atoms with Gasteiger partial charge in [-0.1, -0.05) is 35.5 Å². The van der Waals surface area contributed by atoms with E-state index in [0.717, 1.165) is 0 Å². The second-order valence-electron chi connectivity index (χ2n) is 5.45. The second kappa shape index (κ2) is 7.61. The van der Waals surface area contributed by atoms with Crippen LogP contribution in [0.1, 0.15) is 33.5 Å². The van der Waals surface area contributed by atoms with Crippen LogP contribution in [0.15, 0.2) is 59.1 Å². The van der Waals surface area contributed by atoms with Gasteiger partial charge >= 0.3 is 5.97 Å². The number of ether oxygens (including phenoxy) is 1. The number of carbonyl (C=O) groups is 2. The van der Waals surface area contributed by atoms with E-state index in [9.17, 15) is 19.7 Å². The van der Waals surface area contributed by atoms with Crippen LogP contribution in [0.25, 0.3) is 11.1 Å². The zero-order valence-corrected chi connectivity index (χ0v) is 14.2. The molecule has 0 aliphatic heterocycles. The number of non-ortho nitro benzene ring substituents is 1. The highest BCUT2D eigenvalue weighted by Gasteiger charge is 2.29. The number of ketones is 1. The van der Waals surface area contributed by atoms with Gasteiger partial charge in [-0.3, -0.25) is 14.9 Å². The molecule has 0 unspecified atom stereocenters. The van der Waals surface area contributed by atoms with Crippen LogP contribution in [0.2, 0.25) is 0 Å². The molecule has 0 saturated carbocycles. The fourth-order valence-corrected chi connectivity index (χ4v) is 2.52. The molecule has 1 aromatic heterocycles. The summed E-state index contributed by atoms with van der Waals surface area (Å²) in [6.45, 7) is 1.76. The van der Waals surface area contributed by atoms with Gasteiger partial charge in [0, 0.05) is 17.7 Å². The van der Waals surface area contributed by atoms with Crippen LogP contribution in [0.4, 0.5) is 5.69 Å². The van der Waals surface area contributed by atoms with Gasteiger partial charge < -0.3 is 9.26 Å². The van der Waals surface area contributed by atoms with Crippen molar-refractivity contribution in [2.24, 2.45) is 0 Å². The van der Waals surface area contributed by atoms with Crippen molar-refractivity contribution in [3.05, 3.63) is 81.7 Å². The molecule has 0 amide bonds. The highest BCUT2D eigenvalue weighted by atomic mass is 16.6. The Morgan fingerprint density at radius 2 is 1.78 bits per heavy atom. The molecule has 8 heteroatoms. The molecule has 1 heterocycles. The smallest absolute Gasteiger partial charge is 0.361 e. The third-order valence-electron chi connectivity index (χ3n) is 3.77. The Bertz CT molecular complexity index is 993. The Balaban J connectivity index is 2.13. The van der Waals surface area contributed by atoms with Crippen molar-refractivity contribution in [1.82, 2.24) is 5.16 Å². The van der Waals surface area contributed by atoms with Crippen LogP contribution in [-0.4, -0.2) is 28.4 Å². The predicted molar refractivity (Wildman–Crippen MR) is 94.4 cm³/mol. The van der Waals surface area contributed by atoms with Gasteiger partial charge in [0.05, 0.1) is 17.1 Å². The molecule has 0 bridgehead atoms. The van der Waals surface area contributed by atoms with E-state index in [1.165, 1.54) is 24.3 Å². The summed E-state index contributed by atoms with van der Waals surface area (Å²) in [5.74, 6) is -1.35. The number of nitro groups is 1. The van der Waals surface area contributed by atoms with Crippen molar-refractivity contribution in [3.8, 4) is 11.1 Å². The maximum Gasteiger partial charge on any atom is 0.361 e. The molecule has 3 aromatic rings. The summed E-state index contributed by atoms with van der Waals surface area (Å²) in [5.41, 5.74) is 0.586. The van der Waals surface area contributed by atoms with Gasteiger partial charge in [0.1, 0.15) is 0 Å². The zero-order valence-electron chi connectivity index (χ0n) is 14.2. The summed E-state index contributed by atoms with van der Waals surface area (Å²) in [6.07, 6.45) is 0. The largest absolute Gasteiger partial charge is 0.461 e. The number of nitrogens with zero attached hydrogens (tertiary/aromatic N) is 2. The molecule has 0 aliphatic rings. The first-order valence-electron chi connectivity index (χ1n) is 8.04. The van der Waals surface area contributed by atoms with Gasteiger partial charge in [0.2, 0.25) is 11.5 Å². The van der Waals surface area contributed by atoms with Crippen LogP contribution in [0.5, 0.6) is 0 Å². The number of hydrogen-bond donors (Lipinski definition) is 0. The lowest BCUT2D eigenvalue weighted by Crippen LogP contribution is -2.08. The first-order chi connectivity index (χ1) is 13.0. The second-order valence-corrected chi connectivity index (χ2v) is 5.45. The van der Waals surface area contributed by atoms with Gasteiger partial charge in [0.25, 0.3) is 5.69 Å². The molecule has 0 atom stereocenters. The Labute approximate surface area is 153 Å².